The summed E-state index contributed by atoms with van der Waals surface area (Å²) in [6.45, 7) is 5.68. The smallest absolute Gasteiger partial charge is 0.252 e. The van der Waals surface area contributed by atoms with Crippen molar-refractivity contribution >= 4 is 38.4 Å². The molecule has 1 amide bonds. The molecule has 0 aliphatic carbocycles. The van der Waals surface area contributed by atoms with Gasteiger partial charge in [-0.05, 0) is 36.1 Å². The molecule has 184 valence electrons. The molecular weight excluding hydrogens is 484 g/mol. The van der Waals surface area contributed by atoms with Gasteiger partial charge in [-0.2, -0.15) is 0 Å². The maximum Gasteiger partial charge on any atom is 0.252 e. The Hall–Kier alpha value is -3.40. The normalized spacial score (nSPS) is 11.8. The van der Waals surface area contributed by atoms with Crippen LogP contribution in [0.15, 0.2) is 77.5 Å². The van der Waals surface area contributed by atoms with E-state index in [0.717, 1.165) is 5.56 Å². The summed E-state index contributed by atoms with van der Waals surface area (Å²) in [4.78, 5) is 13.3. The first-order chi connectivity index (χ1) is 16.8. The van der Waals surface area contributed by atoms with Gasteiger partial charge in [-0.15, -0.1) is 11.3 Å². The molecular formula is C26H28N2O5S2. The van der Waals surface area contributed by atoms with E-state index in [1.807, 2.05) is 11.4 Å². The highest BCUT2D eigenvalue weighted by molar-refractivity contribution is 7.90. The van der Waals surface area contributed by atoms with Gasteiger partial charge in [0.2, 0.25) is 0 Å². The Morgan fingerprint density at radius 1 is 1.20 bits per heavy atom. The van der Waals surface area contributed by atoms with E-state index < -0.39 is 9.84 Å². The molecule has 0 fully saturated rings. The lowest BCUT2D eigenvalue weighted by Crippen LogP contribution is -2.27. The number of hydrogen-bond donors (Lipinski definition) is 3. The molecule has 9 heteroatoms. The molecule has 0 saturated carbocycles. The first-order valence-electron chi connectivity index (χ1n) is 10.9. The zero-order valence-electron chi connectivity index (χ0n) is 19.4. The van der Waals surface area contributed by atoms with Crippen LogP contribution in [0.25, 0.3) is 11.3 Å². The molecule has 0 atom stereocenters. The fourth-order valence-corrected chi connectivity index (χ4v) is 6.02. The number of thiophene rings is 1. The van der Waals surface area contributed by atoms with Crippen LogP contribution >= 0.6 is 11.3 Å². The van der Waals surface area contributed by atoms with E-state index in [9.17, 15) is 13.2 Å². The van der Waals surface area contributed by atoms with Crippen LogP contribution < -0.4 is 15.8 Å². The SMILES string of the molecule is C=C(N)c1c(COc2cccc(S(=O)(=O)Cc3ccccc3)c2)csc1/C(=C\C)C(=O)NCCO. The molecule has 7 nitrogen and oxygen atoms in total. The predicted octanol–water partition coefficient (Wildman–Crippen LogP) is 3.74. The van der Waals surface area contributed by atoms with Gasteiger partial charge in [-0.25, -0.2) is 8.42 Å². The van der Waals surface area contributed by atoms with Crippen LogP contribution in [0.2, 0.25) is 0 Å². The van der Waals surface area contributed by atoms with Crippen molar-refractivity contribution in [2.45, 2.75) is 24.2 Å². The van der Waals surface area contributed by atoms with Crippen molar-refractivity contribution in [3.05, 3.63) is 94.2 Å². The van der Waals surface area contributed by atoms with Crippen molar-refractivity contribution in [1.82, 2.24) is 5.32 Å². The minimum atomic E-state index is -3.55. The van der Waals surface area contributed by atoms with E-state index in [4.69, 9.17) is 15.6 Å². The number of hydrogen-bond acceptors (Lipinski definition) is 7. The summed E-state index contributed by atoms with van der Waals surface area (Å²) in [5.74, 6) is -0.0330. The number of ether oxygens (including phenoxy) is 1. The summed E-state index contributed by atoms with van der Waals surface area (Å²) in [5, 5.41) is 13.5. The van der Waals surface area contributed by atoms with Crippen LogP contribution in [0.3, 0.4) is 0 Å². The molecule has 0 spiro atoms. The molecule has 1 heterocycles. The molecule has 35 heavy (non-hydrogen) atoms. The lowest BCUT2D eigenvalue weighted by atomic mass is 10.0. The summed E-state index contributed by atoms with van der Waals surface area (Å²) < 4.78 is 31.7. The van der Waals surface area contributed by atoms with Gasteiger partial charge < -0.3 is 20.9 Å². The Kier molecular flexibility index (Phi) is 8.86. The van der Waals surface area contributed by atoms with Gasteiger partial charge in [0, 0.05) is 28.2 Å². The Morgan fingerprint density at radius 3 is 2.60 bits per heavy atom. The second-order valence-electron chi connectivity index (χ2n) is 7.68. The molecule has 0 radical (unpaired) electrons. The Labute approximate surface area is 209 Å². The number of benzene rings is 2. The highest BCUT2D eigenvalue weighted by Gasteiger charge is 2.21. The number of rotatable bonds is 11. The fraction of sp³-hybridized carbons (Fsp3) is 0.192. The van der Waals surface area contributed by atoms with Gasteiger partial charge >= 0.3 is 0 Å². The van der Waals surface area contributed by atoms with E-state index in [-0.39, 0.29) is 42.0 Å². The summed E-state index contributed by atoms with van der Waals surface area (Å²) >= 11 is 1.33. The van der Waals surface area contributed by atoms with Crippen molar-refractivity contribution in [3.63, 3.8) is 0 Å². The van der Waals surface area contributed by atoms with Crippen LogP contribution in [-0.4, -0.2) is 32.6 Å². The monoisotopic (exact) mass is 512 g/mol. The Bertz CT molecular complexity index is 1330. The Balaban J connectivity index is 1.80. The van der Waals surface area contributed by atoms with Crippen LogP contribution in [0.1, 0.15) is 28.5 Å². The number of aliphatic hydroxyl groups excluding tert-OH is 1. The van der Waals surface area contributed by atoms with E-state index in [1.165, 1.54) is 17.4 Å². The number of amides is 1. The van der Waals surface area contributed by atoms with Gasteiger partial charge in [-0.1, -0.05) is 49.1 Å². The van der Waals surface area contributed by atoms with E-state index in [0.29, 0.717) is 27.3 Å². The molecule has 0 bridgehead atoms. The Morgan fingerprint density at radius 2 is 1.94 bits per heavy atom. The maximum atomic E-state index is 12.9. The second-order valence-corrected chi connectivity index (χ2v) is 10.5. The number of allylic oxidation sites excluding steroid dienone is 1. The molecule has 0 aliphatic heterocycles. The van der Waals surface area contributed by atoms with Crippen LogP contribution in [0.4, 0.5) is 0 Å². The third-order valence-electron chi connectivity index (χ3n) is 5.12. The first kappa shape index (κ1) is 26.2. The highest BCUT2D eigenvalue weighted by atomic mass is 32.2. The lowest BCUT2D eigenvalue weighted by molar-refractivity contribution is -0.115. The highest BCUT2D eigenvalue weighted by Crippen LogP contribution is 2.33. The standard InChI is InChI=1S/C26H28N2O5S2/c1-3-23(26(30)28-12-13-29)25-24(18(2)27)20(16-34-25)15-33-21-10-7-11-22(14-21)35(31,32)17-19-8-5-4-6-9-19/h3-11,14,16,29H,2,12-13,15,17,27H2,1H3,(H,28,30)/b23-3+. The van der Waals surface area contributed by atoms with Crippen molar-refractivity contribution in [2.75, 3.05) is 13.2 Å². The van der Waals surface area contributed by atoms with Gasteiger partial charge in [0.05, 0.1) is 22.8 Å². The van der Waals surface area contributed by atoms with Gasteiger partial charge in [0.25, 0.3) is 5.91 Å². The zero-order chi connectivity index (χ0) is 25.4. The van der Waals surface area contributed by atoms with Crippen LogP contribution in [0, 0.1) is 0 Å². The zero-order valence-corrected chi connectivity index (χ0v) is 21.0. The van der Waals surface area contributed by atoms with Crippen molar-refractivity contribution < 1.29 is 23.1 Å². The second kappa shape index (κ2) is 11.8. The topological polar surface area (TPSA) is 119 Å². The molecule has 1 aromatic heterocycles. The van der Waals surface area contributed by atoms with E-state index >= 15 is 0 Å². The molecule has 2 aromatic carbocycles. The minimum Gasteiger partial charge on any atom is -0.489 e. The van der Waals surface area contributed by atoms with Gasteiger partial charge in [-0.3, -0.25) is 4.79 Å². The third kappa shape index (κ3) is 6.60. The van der Waals surface area contributed by atoms with Gasteiger partial charge in [0.15, 0.2) is 9.84 Å². The number of aliphatic hydroxyl groups is 1. The van der Waals surface area contributed by atoms with Crippen molar-refractivity contribution in [3.8, 4) is 5.75 Å². The van der Waals surface area contributed by atoms with Crippen LogP contribution in [-0.2, 0) is 27.0 Å². The summed E-state index contributed by atoms with van der Waals surface area (Å²) in [6, 6.07) is 15.4. The molecule has 0 aliphatic rings. The summed E-state index contributed by atoms with van der Waals surface area (Å²) in [6.07, 6.45) is 1.68. The number of carbonyl (C=O) groups excluding carboxylic acids is 1. The largest absolute Gasteiger partial charge is 0.489 e. The summed E-state index contributed by atoms with van der Waals surface area (Å²) in [7, 11) is -3.55. The number of sulfone groups is 1. The quantitative estimate of drug-likeness (QED) is 0.337. The predicted molar refractivity (Wildman–Crippen MR) is 139 cm³/mol. The van der Waals surface area contributed by atoms with Crippen molar-refractivity contribution in [1.29, 1.82) is 0 Å². The molecule has 4 N–H and O–H groups in total. The molecule has 0 unspecified atom stereocenters. The number of nitrogens with one attached hydrogen (secondary N) is 1. The minimum absolute atomic E-state index is 0.104. The van der Waals surface area contributed by atoms with Crippen LogP contribution in [0.5, 0.6) is 5.75 Å². The van der Waals surface area contributed by atoms with E-state index in [2.05, 4.69) is 11.9 Å². The number of carbonyl (C=O) groups is 1. The first-order valence-corrected chi connectivity index (χ1v) is 13.4. The average Bonchev–Trinajstić information content (AvgIpc) is 3.26. The number of nitrogens with two attached hydrogens (primary N) is 1. The average molecular weight is 513 g/mol. The maximum absolute atomic E-state index is 12.9. The fourth-order valence-electron chi connectivity index (χ4n) is 3.48. The van der Waals surface area contributed by atoms with E-state index in [1.54, 1.807) is 55.5 Å². The van der Waals surface area contributed by atoms with Gasteiger partial charge in [0.1, 0.15) is 12.4 Å². The lowest BCUT2D eigenvalue weighted by Gasteiger charge is -2.12. The van der Waals surface area contributed by atoms with Crippen molar-refractivity contribution in [2.24, 2.45) is 5.73 Å². The molecule has 3 aromatic rings. The molecule has 0 saturated heterocycles. The molecule has 3 rings (SSSR count). The third-order valence-corrected chi connectivity index (χ3v) is 7.87. The summed E-state index contributed by atoms with van der Waals surface area (Å²) in [5.41, 5.74) is 8.80.